The van der Waals surface area contributed by atoms with Crippen molar-refractivity contribution >= 4 is 40.3 Å². The standard InChI is InChI=1S/C21H31Cl2FN2O4S/c1-20(2,3)30-19(28)26-9-7-12(8-10-26)18(25-31(29)21(4,5)6)15-14(27)11-13(22)16(23)17(15)24/h11-12,18,25,27H,7-10H2,1-6H3/t18-,31+/m0/s1. The van der Waals surface area contributed by atoms with E-state index in [4.69, 9.17) is 27.9 Å². The van der Waals surface area contributed by atoms with Crippen LogP contribution in [0.15, 0.2) is 6.07 Å². The number of benzene rings is 1. The largest absolute Gasteiger partial charge is 0.507 e. The summed E-state index contributed by atoms with van der Waals surface area (Å²) in [6.45, 7) is 11.6. The fourth-order valence-corrected chi connectivity index (χ4v) is 4.55. The molecule has 2 N–H and O–H groups in total. The van der Waals surface area contributed by atoms with E-state index >= 15 is 4.39 Å². The summed E-state index contributed by atoms with van der Waals surface area (Å²) in [5.41, 5.74) is -0.668. The number of phenolic OH excluding ortho intramolecular Hbond substituents is 1. The highest BCUT2D eigenvalue weighted by Gasteiger charge is 2.37. The Morgan fingerprint density at radius 3 is 2.29 bits per heavy atom. The van der Waals surface area contributed by atoms with Gasteiger partial charge < -0.3 is 14.7 Å². The second-order valence-corrected chi connectivity index (χ2v) is 12.5. The number of nitrogens with one attached hydrogen (secondary N) is 1. The zero-order valence-corrected chi connectivity index (χ0v) is 21.1. The van der Waals surface area contributed by atoms with Crippen molar-refractivity contribution in [3.63, 3.8) is 0 Å². The molecule has 31 heavy (non-hydrogen) atoms. The summed E-state index contributed by atoms with van der Waals surface area (Å²) < 4.78 is 35.7. The van der Waals surface area contributed by atoms with Crippen molar-refractivity contribution in [3.8, 4) is 5.75 Å². The van der Waals surface area contributed by atoms with Crippen LogP contribution in [0.25, 0.3) is 0 Å². The molecule has 10 heteroatoms. The van der Waals surface area contributed by atoms with E-state index < -0.39 is 39.3 Å². The number of carbonyl (C=O) groups excluding carboxylic acids is 1. The summed E-state index contributed by atoms with van der Waals surface area (Å²) in [5.74, 6) is -1.41. The van der Waals surface area contributed by atoms with Gasteiger partial charge in [-0.3, -0.25) is 0 Å². The molecule has 6 nitrogen and oxygen atoms in total. The number of likely N-dealkylation sites (tertiary alicyclic amines) is 1. The number of amides is 1. The van der Waals surface area contributed by atoms with Crippen LogP contribution in [-0.4, -0.2) is 43.7 Å². The van der Waals surface area contributed by atoms with Gasteiger partial charge >= 0.3 is 6.09 Å². The first-order valence-corrected chi connectivity index (χ1v) is 12.0. The number of nitrogens with zero attached hydrogens (tertiary/aromatic N) is 1. The van der Waals surface area contributed by atoms with Gasteiger partial charge in [-0.1, -0.05) is 23.2 Å². The molecule has 0 aliphatic carbocycles. The minimum absolute atomic E-state index is 0.0669. The quantitative estimate of drug-likeness (QED) is 0.533. The maximum absolute atomic E-state index is 15.1. The van der Waals surface area contributed by atoms with Crippen molar-refractivity contribution in [1.82, 2.24) is 9.62 Å². The highest BCUT2D eigenvalue weighted by atomic mass is 35.5. The highest BCUT2D eigenvalue weighted by Crippen LogP contribution is 2.42. The first-order valence-electron chi connectivity index (χ1n) is 10.1. The molecule has 0 spiro atoms. The van der Waals surface area contributed by atoms with Crippen molar-refractivity contribution < 1.29 is 23.2 Å². The van der Waals surface area contributed by atoms with Crippen molar-refractivity contribution in [2.75, 3.05) is 13.1 Å². The number of hydrogen-bond donors (Lipinski definition) is 2. The third-order valence-electron chi connectivity index (χ3n) is 4.94. The van der Waals surface area contributed by atoms with Gasteiger partial charge in [0.25, 0.3) is 0 Å². The fourth-order valence-electron chi connectivity index (χ4n) is 3.32. The van der Waals surface area contributed by atoms with Gasteiger partial charge in [-0.25, -0.2) is 18.1 Å². The Hall–Kier alpha value is -1.09. The summed E-state index contributed by atoms with van der Waals surface area (Å²) in [6, 6.07) is 0.405. The Kier molecular flexibility index (Phi) is 8.28. The Bertz CT molecular complexity index is 847. The zero-order valence-electron chi connectivity index (χ0n) is 18.7. The Morgan fingerprint density at radius 2 is 1.81 bits per heavy atom. The topological polar surface area (TPSA) is 78.9 Å². The Balaban J connectivity index is 2.31. The van der Waals surface area contributed by atoms with Gasteiger partial charge in [0.2, 0.25) is 0 Å². The lowest BCUT2D eigenvalue weighted by Crippen LogP contribution is -2.45. The Morgan fingerprint density at radius 1 is 1.26 bits per heavy atom. The Labute approximate surface area is 196 Å². The first kappa shape index (κ1) is 26.2. The lowest BCUT2D eigenvalue weighted by atomic mass is 9.85. The lowest BCUT2D eigenvalue weighted by molar-refractivity contribution is 0.0171. The normalized spacial score (nSPS) is 18.0. The van der Waals surface area contributed by atoms with E-state index in [-0.39, 0.29) is 27.3 Å². The molecule has 2 atom stereocenters. The number of phenols is 1. The number of aromatic hydroxyl groups is 1. The number of piperidine rings is 1. The highest BCUT2D eigenvalue weighted by molar-refractivity contribution is 7.84. The van der Waals surface area contributed by atoms with E-state index in [2.05, 4.69) is 4.72 Å². The van der Waals surface area contributed by atoms with Gasteiger partial charge in [-0.05, 0) is 60.3 Å². The number of ether oxygens (including phenoxy) is 1. The smallest absolute Gasteiger partial charge is 0.410 e. The second kappa shape index (κ2) is 9.81. The molecule has 1 aromatic rings. The lowest BCUT2D eigenvalue weighted by Gasteiger charge is -2.38. The minimum Gasteiger partial charge on any atom is -0.507 e. The molecular formula is C21H31Cl2FN2O4S. The van der Waals surface area contributed by atoms with Crippen LogP contribution in [-0.2, 0) is 15.7 Å². The predicted octanol–water partition coefficient (Wildman–Crippen LogP) is 5.58. The van der Waals surface area contributed by atoms with Crippen LogP contribution in [0.1, 0.15) is 66.0 Å². The second-order valence-electron chi connectivity index (χ2n) is 9.70. The predicted molar refractivity (Wildman–Crippen MR) is 122 cm³/mol. The van der Waals surface area contributed by atoms with E-state index in [1.165, 1.54) is 6.07 Å². The number of halogens is 3. The number of rotatable bonds is 4. The molecule has 1 aromatic carbocycles. The summed E-state index contributed by atoms with van der Waals surface area (Å²) in [5, 5.41) is 10.1. The summed E-state index contributed by atoms with van der Waals surface area (Å²) in [7, 11) is -1.54. The minimum atomic E-state index is -1.54. The molecule has 2 rings (SSSR count). The molecule has 0 radical (unpaired) electrons. The summed E-state index contributed by atoms with van der Waals surface area (Å²) in [4.78, 5) is 14.0. The van der Waals surface area contributed by atoms with Crippen LogP contribution in [0.5, 0.6) is 5.75 Å². The summed E-state index contributed by atoms with van der Waals surface area (Å²) >= 11 is 11.9. The third kappa shape index (κ3) is 6.70. The van der Waals surface area contributed by atoms with Crippen LogP contribution in [0.4, 0.5) is 9.18 Å². The van der Waals surface area contributed by atoms with E-state index in [1.54, 1.807) is 46.4 Å². The monoisotopic (exact) mass is 496 g/mol. The average Bonchev–Trinajstić information content (AvgIpc) is 2.63. The molecule has 0 unspecified atom stereocenters. The van der Waals surface area contributed by atoms with Crippen molar-refractivity contribution in [2.45, 2.75) is 70.8 Å². The molecule has 1 heterocycles. The average molecular weight is 497 g/mol. The van der Waals surface area contributed by atoms with Crippen LogP contribution >= 0.6 is 23.2 Å². The SMILES string of the molecule is CC(C)(C)OC(=O)N1CCC([C@H](N[S@](=O)C(C)(C)C)c2c(O)cc(Cl)c(Cl)c2F)CC1. The molecule has 0 aromatic heterocycles. The van der Waals surface area contributed by atoms with Gasteiger partial charge in [0.1, 0.15) is 11.4 Å². The third-order valence-corrected chi connectivity index (χ3v) is 7.29. The molecule has 0 bridgehead atoms. The van der Waals surface area contributed by atoms with E-state index in [0.717, 1.165) is 0 Å². The zero-order chi connectivity index (χ0) is 23.7. The van der Waals surface area contributed by atoms with Crippen molar-refractivity contribution in [3.05, 3.63) is 27.5 Å². The van der Waals surface area contributed by atoms with Crippen LogP contribution in [0.3, 0.4) is 0 Å². The van der Waals surface area contributed by atoms with E-state index in [1.807, 2.05) is 0 Å². The van der Waals surface area contributed by atoms with Crippen LogP contribution < -0.4 is 4.72 Å². The fraction of sp³-hybridized carbons (Fsp3) is 0.667. The molecule has 1 amide bonds. The molecule has 176 valence electrons. The molecule has 1 aliphatic heterocycles. The van der Waals surface area contributed by atoms with Crippen LogP contribution in [0.2, 0.25) is 10.0 Å². The maximum Gasteiger partial charge on any atom is 0.410 e. The van der Waals surface area contributed by atoms with Crippen molar-refractivity contribution in [2.24, 2.45) is 5.92 Å². The van der Waals surface area contributed by atoms with Gasteiger partial charge in [0, 0.05) is 24.7 Å². The van der Waals surface area contributed by atoms with Crippen molar-refractivity contribution in [1.29, 1.82) is 0 Å². The molecule has 1 saturated heterocycles. The summed E-state index contributed by atoms with van der Waals surface area (Å²) in [6.07, 6.45) is 0.590. The molecule has 1 aliphatic rings. The van der Waals surface area contributed by atoms with Gasteiger partial charge in [0.15, 0.2) is 5.82 Å². The molecule has 0 saturated carbocycles. The number of carbonyl (C=O) groups is 1. The molecule has 1 fully saturated rings. The van der Waals surface area contributed by atoms with Crippen LogP contribution in [0, 0.1) is 11.7 Å². The number of hydrogen-bond acceptors (Lipinski definition) is 4. The molecular weight excluding hydrogens is 466 g/mol. The van der Waals surface area contributed by atoms with Gasteiger partial charge in [0.05, 0.1) is 31.8 Å². The van der Waals surface area contributed by atoms with E-state index in [9.17, 15) is 14.1 Å². The maximum atomic E-state index is 15.1. The van der Waals surface area contributed by atoms with E-state index in [0.29, 0.717) is 25.9 Å². The first-order chi connectivity index (χ1) is 14.1. The van der Waals surface area contributed by atoms with Gasteiger partial charge in [-0.15, -0.1) is 0 Å². The van der Waals surface area contributed by atoms with Gasteiger partial charge in [-0.2, -0.15) is 0 Å².